The lowest BCUT2D eigenvalue weighted by Crippen LogP contribution is -2.21. The van der Waals surface area contributed by atoms with E-state index in [-0.39, 0.29) is 23.0 Å². The van der Waals surface area contributed by atoms with Gasteiger partial charge in [-0.1, -0.05) is 72.8 Å². The van der Waals surface area contributed by atoms with Crippen LogP contribution in [0.3, 0.4) is 0 Å². The number of phenols is 1. The Morgan fingerprint density at radius 2 is 1.26 bits per heavy atom. The lowest BCUT2D eigenvalue weighted by Gasteiger charge is -2.16. The number of hydrogen-bond donors (Lipinski definition) is 1. The fourth-order valence-electron chi connectivity index (χ4n) is 3.74. The van der Waals surface area contributed by atoms with Crippen LogP contribution in [0.25, 0.3) is 33.0 Å². The predicted octanol–water partition coefficient (Wildman–Crippen LogP) is 5.78. The third-order valence-corrected chi connectivity index (χ3v) is 5.47. The summed E-state index contributed by atoms with van der Waals surface area (Å²) in [6.07, 6.45) is 0. The van der Waals surface area contributed by atoms with Crippen LogP contribution in [0.4, 0.5) is 0 Å². The molecule has 0 saturated carbocycles. The Kier molecular flexibility index (Phi) is 5.30. The standard InChI is InChI=1S/C27H23NO3/c1-17(29)18-8-10-19(11-9-18)20-12-14-21(15-13-20)24-16-25(27(31)28(2)3)26(30)23-7-5-4-6-22(23)24/h4-16,30H,1-3H3. The van der Waals surface area contributed by atoms with E-state index in [2.05, 4.69) is 0 Å². The van der Waals surface area contributed by atoms with E-state index in [1.54, 1.807) is 27.1 Å². The topological polar surface area (TPSA) is 57.6 Å². The highest BCUT2D eigenvalue weighted by molar-refractivity contribution is 6.09. The van der Waals surface area contributed by atoms with Crippen LogP contribution in [0, 0.1) is 0 Å². The molecule has 31 heavy (non-hydrogen) atoms. The van der Waals surface area contributed by atoms with Gasteiger partial charge in [0.15, 0.2) is 5.78 Å². The van der Waals surface area contributed by atoms with Gasteiger partial charge in [-0.05, 0) is 40.6 Å². The summed E-state index contributed by atoms with van der Waals surface area (Å²) < 4.78 is 0. The molecule has 4 heteroatoms. The lowest BCUT2D eigenvalue weighted by atomic mass is 9.93. The van der Waals surface area contributed by atoms with E-state index in [0.29, 0.717) is 10.9 Å². The molecule has 4 aromatic rings. The number of nitrogens with zero attached hydrogens (tertiary/aromatic N) is 1. The zero-order valence-electron chi connectivity index (χ0n) is 17.7. The summed E-state index contributed by atoms with van der Waals surface area (Å²) in [4.78, 5) is 25.6. The van der Waals surface area contributed by atoms with Crippen molar-refractivity contribution in [1.29, 1.82) is 0 Å². The molecule has 1 N–H and O–H groups in total. The minimum Gasteiger partial charge on any atom is -0.506 e. The molecule has 4 rings (SSSR count). The molecule has 0 saturated heterocycles. The van der Waals surface area contributed by atoms with Gasteiger partial charge in [-0.15, -0.1) is 0 Å². The first-order valence-corrected chi connectivity index (χ1v) is 10.0. The second-order valence-corrected chi connectivity index (χ2v) is 7.78. The molecule has 0 spiro atoms. The zero-order valence-corrected chi connectivity index (χ0v) is 17.7. The average Bonchev–Trinajstić information content (AvgIpc) is 2.79. The Morgan fingerprint density at radius 1 is 0.742 bits per heavy atom. The maximum atomic E-state index is 12.6. The van der Waals surface area contributed by atoms with Crippen LogP contribution in [-0.4, -0.2) is 35.8 Å². The van der Waals surface area contributed by atoms with Gasteiger partial charge in [0.2, 0.25) is 0 Å². The van der Waals surface area contributed by atoms with Gasteiger partial charge in [0.1, 0.15) is 5.75 Å². The van der Waals surface area contributed by atoms with Crippen LogP contribution >= 0.6 is 0 Å². The van der Waals surface area contributed by atoms with Gasteiger partial charge in [-0.3, -0.25) is 9.59 Å². The number of aromatic hydroxyl groups is 1. The maximum absolute atomic E-state index is 12.6. The van der Waals surface area contributed by atoms with E-state index in [1.165, 1.54) is 4.90 Å². The van der Waals surface area contributed by atoms with Crippen LogP contribution in [0.5, 0.6) is 5.75 Å². The van der Waals surface area contributed by atoms with Gasteiger partial charge in [-0.25, -0.2) is 0 Å². The van der Waals surface area contributed by atoms with Gasteiger partial charge >= 0.3 is 0 Å². The van der Waals surface area contributed by atoms with Crippen molar-refractivity contribution in [3.05, 3.63) is 90.0 Å². The number of hydrogen-bond acceptors (Lipinski definition) is 3. The molecular formula is C27H23NO3. The van der Waals surface area contributed by atoms with Gasteiger partial charge in [0.25, 0.3) is 5.91 Å². The van der Waals surface area contributed by atoms with Crippen LogP contribution < -0.4 is 0 Å². The van der Waals surface area contributed by atoms with Crippen LogP contribution in [0.1, 0.15) is 27.6 Å². The lowest BCUT2D eigenvalue weighted by molar-refractivity contribution is 0.0824. The quantitative estimate of drug-likeness (QED) is 0.435. The minimum absolute atomic E-state index is 0.000214. The first-order chi connectivity index (χ1) is 14.9. The molecule has 0 fully saturated rings. The molecule has 0 aliphatic heterocycles. The summed E-state index contributed by atoms with van der Waals surface area (Å²) >= 11 is 0. The summed E-state index contributed by atoms with van der Waals surface area (Å²) in [6.45, 7) is 1.56. The summed E-state index contributed by atoms with van der Waals surface area (Å²) in [5, 5.41) is 12.3. The third-order valence-electron chi connectivity index (χ3n) is 5.47. The number of ketones is 1. The van der Waals surface area contributed by atoms with Crippen molar-refractivity contribution in [2.75, 3.05) is 14.1 Å². The van der Waals surface area contributed by atoms with Crippen molar-refractivity contribution in [3.63, 3.8) is 0 Å². The number of Topliss-reactive ketones (excluding diaryl/α,β-unsaturated/α-hetero) is 1. The number of fused-ring (bicyclic) bond motifs is 1. The van der Waals surface area contributed by atoms with Crippen LogP contribution in [0.15, 0.2) is 78.9 Å². The molecule has 154 valence electrons. The first-order valence-electron chi connectivity index (χ1n) is 10.0. The molecule has 0 radical (unpaired) electrons. The fourth-order valence-corrected chi connectivity index (χ4v) is 3.74. The number of benzene rings is 4. The van der Waals surface area contributed by atoms with E-state index in [9.17, 15) is 14.7 Å². The Bertz CT molecular complexity index is 1290. The second kappa shape index (κ2) is 8.07. The van der Waals surface area contributed by atoms with E-state index >= 15 is 0 Å². The number of carbonyl (C=O) groups is 2. The smallest absolute Gasteiger partial charge is 0.257 e. The van der Waals surface area contributed by atoms with Gasteiger partial charge in [0, 0.05) is 25.0 Å². The highest BCUT2D eigenvalue weighted by atomic mass is 16.3. The summed E-state index contributed by atoms with van der Waals surface area (Å²) in [7, 11) is 3.34. The van der Waals surface area contributed by atoms with Crippen LogP contribution in [-0.2, 0) is 0 Å². The monoisotopic (exact) mass is 409 g/mol. The van der Waals surface area contributed by atoms with Gasteiger partial charge in [-0.2, -0.15) is 0 Å². The molecule has 0 atom stereocenters. The van der Waals surface area contributed by atoms with Crippen molar-refractivity contribution in [1.82, 2.24) is 4.90 Å². The average molecular weight is 409 g/mol. The molecule has 0 bridgehead atoms. The Hall–Kier alpha value is -3.92. The zero-order chi connectivity index (χ0) is 22.1. The fraction of sp³-hybridized carbons (Fsp3) is 0.111. The molecule has 4 aromatic carbocycles. The van der Waals surface area contributed by atoms with Crippen LogP contribution in [0.2, 0.25) is 0 Å². The molecule has 0 unspecified atom stereocenters. The van der Waals surface area contributed by atoms with Crippen molar-refractivity contribution in [2.24, 2.45) is 0 Å². The molecule has 0 heterocycles. The highest BCUT2D eigenvalue weighted by Crippen LogP contribution is 2.38. The first kappa shape index (κ1) is 20.4. The SMILES string of the molecule is CC(=O)c1ccc(-c2ccc(-c3cc(C(=O)N(C)C)c(O)c4ccccc34)cc2)cc1. The van der Waals surface area contributed by atoms with Crippen molar-refractivity contribution in [3.8, 4) is 28.0 Å². The van der Waals surface area contributed by atoms with E-state index < -0.39 is 0 Å². The Labute approximate surface area is 181 Å². The number of phenolic OH excluding ortho intramolecular Hbond substituents is 1. The normalized spacial score (nSPS) is 10.8. The van der Waals surface area contributed by atoms with E-state index in [1.807, 2.05) is 72.8 Å². The molecule has 0 aliphatic rings. The van der Waals surface area contributed by atoms with Crippen molar-refractivity contribution < 1.29 is 14.7 Å². The third kappa shape index (κ3) is 3.80. The number of amides is 1. The predicted molar refractivity (Wildman–Crippen MR) is 125 cm³/mol. The van der Waals surface area contributed by atoms with E-state index in [0.717, 1.165) is 27.6 Å². The van der Waals surface area contributed by atoms with Crippen molar-refractivity contribution in [2.45, 2.75) is 6.92 Å². The number of rotatable bonds is 4. The number of carbonyl (C=O) groups excluding carboxylic acids is 2. The Balaban J connectivity index is 1.80. The molecule has 0 aromatic heterocycles. The molecular weight excluding hydrogens is 386 g/mol. The molecule has 0 aliphatic carbocycles. The molecule has 1 amide bonds. The largest absolute Gasteiger partial charge is 0.506 e. The summed E-state index contributed by atoms with van der Waals surface area (Å²) in [5.74, 6) is -0.198. The maximum Gasteiger partial charge on any atom is 0.257 e. The summed E-state index contributed by atoms with van der Waals surface area (Å²) in [5.41, 5.74) is 4.86. The van der Waals surface area contributed by atoms with Gasteiger partial charge < -0.3 is 10.0 Å². The Morgan fingerprint density at radius 3 is 1.81 bits per heavy atom. The second-order valence-electron chi connectivity index (χ2n) is 7.78. The summed E-state index contributed by atoms with van der Waals surface area (Å²) in [6, 6.07) is 24.9. The highest BCUT2D eigenvalue weighted by Gasteiger charge is 2.19. The van der Waals surface area contributed by atoms with Gasteiger partial charge in [0.05, 0.1) is 5.56 Å². The van der Waals surface area contributed by atoms with Crippen molar-refractivity contribution >= 4 is 22.5 Å². The minimum atomic E-state index is -0.244. The van der Waals surface area contributed by atoms with E-state index in [4.69, 9.17) is 0 Å². The molecule has 4 nitrogen and oxygen atoms in total.